The van der Waals surface area contributed by atoms with Gasteiger partial charge in [-0.15, -0.1) is 0 Å². The van der Waals surface area contributed by atoms with Crippen molar-refractivity contribution in [3.05, 3.63) is 60.6 Å². The number of nitrogens with zero attached hydrogens (tertiary/aromatic N) is 5. The van der Waals surface area contributed by atoms with E-state index in [0.29, 0.717) is 17.4 Å². The van der Waals surface area contributed by atoms with Crippen LogP contribution in [-0.4, -0.2) is 45.8 Å². The molecule has 3 N–H and O–H groups in total. The van der Waals surface area contributed by atoms with E-state index in [0.717, 1.165) is 43.0 Å². The summed E-state index contributed by atoms with van der Waals surface area (Å²) in [7, 11) is 1.35. The molecule has 3 aromatic heterocycles. The largest absolute Gasteiger partial charge is 0.497 e. The summed E-state index contributed by atoms with van der Waals surface area (Å²) >= 11 is 0. The summed E-state index contributed by atoms with van der Waals surface area (Å²) in [6.07, 6.45) is 6.07. The minimum Gasteiger partial charge on any atom is -0.497 e. The fourth-order valence-corrected chi connectivity index (χ4v) is 4.49. The Morgan fingerprint density at radius 3 is 2.65 bits per heavy atom. The molecule has 1 saturated heterocycles. The first-order valence-corrected chi connectivity index (χ1v) is 11.0. The number of halogens is 2. The maximum atomic E-state index is 14.7. The maximum Gasteiger partial charge on any atom is 0.229 e. The molecule has 0 amide bonds. The zero-order valence-electron chi connectivity index (χ0n) is 18.9. The van der Waals surface area contributed by atoms with Gasteiger partial charge >= 0.3 is 0 Å². The van der Waals surface area contributed by atoms with Gasteiger partial charge in [-0.2, -0.15) is 9.61 Å². The number of benzene rings is 1. The van der Waals surface area contributed by atoms with Gasteiger partial charge in [0.15, 0.2) is 0 Å². The standard InChI is InChI=1S/C24H25F2N7O/c1-14-7-15(27)13-32(12-14)22-5-6-28-11-21(22)30-24-29-10-16-3-4-20(31-33(16)24)23-18(25)8-17(34-2)9-19(23)26/h3-6,8-11,14-15H,7,12-13,27H2,1-2H3,(H,29,30)/t14-,15+/m1/s1. The predicted octanol–water partition coefficient (Wildman–Crippen LogP) is 4.00. The van der Waals surface area contributed by atoms with E-state index < -0.39 is 11.6 Å². The van der Waals surface area contributed by atoms with E-state index in [1.807, 2.05) is 6.07 Å². The Kier molecular flexibility index (Phi) is 5.74. The van der Waals surface area contributed by atoms with Crippen LogP contribution in [0.4, 0.5) is 26.1 Å². The van der Waals surface area contributed by atoms with Crippen molar-refractivity contribution in [3.63, 3.8) is 0 Å². The number of fused-ring (bicyclic) bond motifs is 1. The first-order valence-electron chi connectivity index (χ1n) is 11.0. The van der Waals surface area contributed by atoms with Gasteiger partial charge in [-0.3, -0.25) is 4.98 Å². The van der Waals surface area contributed by atoms with Gasteiger partial charge < -0.3 is 20.7 Å². The van der Waals surface area contributed by atoms with E-state index in [1.165, 1.54) is 11.6 Å². The molecule has 1 aliphatic rings. The predicted molar refractivity (Wildman–Crippen MR) is 126 cm³/mol. The lowest BCUT2D eigenvalue weighted by molar-refractivity contribution is 0.402. The summed E-state index contributed by atoms with van der Waals surface area (Å²) in [5.41, 5.74) is 8.52. The molecule has 4 heterocycles. The third-order valence-corrected chi connectivity index (χ3v) is 5.97. The molecule has 0 bridgehead atoms. The molecule has 0 saturated carbocycles. The second-order valence-electron chi connectivity index (χ2n) is 8.63. The summed E-state index contributed by atoms with van der Waals surface area (Å²) in [6, 6.07) is 7.55. The molecule has 1 fully saturated rings. The molecule has 8 nitrogen and oxygen atoms in total. The van der Waals surface area contributed by atoms with Crippen LogP contribution in [0.25, 0.3) is 16.8 Å². The summed E-state index contributed by atoms with van der Waals surface area (Å²) in [4.78, 5) is 10.9. The molecule has 2 atom stereocenters. The molecule has 0 unspecified atom stereocenters. The van der Waals surface area contributed by atoms with Crippen molar-refractivity contribution >= 4 is 22.8 Å². The van der Waals surface area contributed by atoms with Crippen molar-refractivity contribution in [1.29, 1.82) is 0 Å². The Morgan fingerprint density at radius 1 is 1.12 bits per heavy atom. The third-order valence-electron chi connectivity index (χ3n) is 5.97. The Hall–Kier alpha value is -3.79. The van der Waals surface area contributed by atoms with Crippen molar-refractivity contribution in [1.82, 2.24) is 19.6 Å². The molecule has 1 aromatic carbocycles. The van der Waals surface area contributed by atoms with Gasteiger partial charge in [0, 0.05) is 37.5 Å². The first-order chi connectivity index (χ1) is 16.4. The fourth-order valence-electron chi connectivity index (χ4n) is 4.49. The van der Waals surface area contributed by atoms with Crippen LogP contribution in [0.5, 0.6) is 5.75 Å². The zero-order chi connectivity index (χ0) is 23.8. The lowest BCUT2D eigenvalue weighted by atomic mass is 9.96. The van der Waals surface area contributed by atoms with E-state index in [1.54, 1.807) is 30.7 Å². The maximum absolute atomic E-state index is 14.7. The van der Waals surface area contributed by atoms with Gasteiger partial charge in [0.25, 0.3) is 0 Å². The lowest BCUT2D eigenvalue weighted by Gasteiger charge is -2.37. The van der Waals surface area contributed by atoms with Gasteiger partial charge in [-0.25, -0.2) is 13.8 Å². The highest BCUT2D eigenvalue weighted by Crippen LogP contribution is 2.32. The highest BCUT2D eigenvalue weighted by atomic mass is 19.1. The minimum absolute atomic E-state index is 0.0931. The summed E-state index contributed by atoms with van der Waals surface area (Å²) in [5, 5.41) is 7.75. The normalized spacial score (nSPS) is 18.3. The second-order valence-corrected chi connectivity index (χ2v) is 8.63. The SMILES string of the molecule is COc1cc(F)c(-c2ccc3cnc(Nc4cnccc4N4C[C@H](C)C[C@H](N)C4)n3n2)c(F)c1. The number of hydrogen-bond acceptors (Lipinski definition) is 7. The molecule has 0 radical (unpaired) electrons. The van der Waals surface area contributed by atoms with E-state index in [-0.39, 0.29) is 23.0 Å². The second kappa shape index (κ2) is 8.86. The van der Waals surface area contributed by atoms with Crippen molar-refractivity contribution in [2.45, 2.75) is 19.4 Å². The number of hydrogen-bond donors (Lipinski definition) is 2. The van der Waals surface area contributed by atoms with E-state index in [9.17, 15) is 8.78 Å². The van der Waals surface area contributed by atoms with E-state index in [4.69, 9.17) is 10.5 Å². The van der Waals surface area contributed by atoms with Gasteiger partial charge in [0.1, 0.15) is 17.4 Å². The van der Waals surface area contributed by atoms with Crippen molar-refractivity contribution in [2.75, 3.05) is 30.4 Å². The topological polar surface area (TPSA) is 93.6 Å². The van der Waals surface area contributed by atoms with E-state index in [2.05, 4.69) is 32.2 Å². The van der Waals surface area contributed by atoms with Gasteiger partial charge in [0.2, 0.25) is 5.95 Å². The summed E-state index contributed by atoms with van der Waals surface area (Å²) in [6.45, 7) is 3.81. The number of piperidine rings is 1. The monoisotopic (exact) mass is 465 g/mol. The number of rotatable bonds is 5. The zero-order valence-corrected chi connectivity index (χ0v) is 18.9. The number of aromatic nitrogens is 4. The molecular formula is C24H25F2N7O. The number of nitrogens with one attached hydrogen (secondary N) is 1. The van der Waals surface area contributed by atoms with Crippen LogP contribution >= 0.6 is 0 Å². The summed E-state index contributed by atoms with van der Waals surface area (Å²) in [5.74, 6) is -0.558. The molecule has 10 heteroatoms. The molecule has 34 heavy (non-hydrogen) atoms. The fraction of sp³-hybridized carbons (Fsp3) is 0.292. The van der Waals surface area contributed by atoms with Crippen molar-refractivity contribution < 1.29 is 13.5 Å². The molecule has 176 valence electrons. The number of methoxy groups -OCH3 is 1. The van der Waals surface area contributed by atoms with Crippen LogP contribution in [0.1, 0.15) is 13.3 Å². The van der Waals surface area contributed by atoms with Crippen LogP contribution in [0.15, 0.2) is 48.9 Å². The van der Waals surface area contributed by atoms with Crippen LogP contribution < -0.4 is 20.7 Å². The Bertz CT molecular complexity index is 1310. The molecule has 1 aliphatic heterocycles. The average molecular weight is 466 g/mol. The van der Waals surface area contributed by atoms with Crippen LogP contribution in [0, 0.1) is 17.6 Å². The van der Waals surface area contributed by atoms with Gasteiger partial charge in [-0.1, -0.05) is 6.92 Å². The Balaban J connectivity index is 1.51. The van der Waals surface area contributed by atoms with Crippen LogP contribution in [0.3, 0.4) is 0 Å². The molecular weight excluding hydrogens is 440 g/mol. The highest BCUT2D eigenvalue weighted by Gasteiger charge is 2.24. The average Bonchev–Trinajstić information content (AvgIpc) is 3.20. The third kappa shape index (κ3) is 4.12. The van der Waals surface area contributed by atoms with E-state index >= 15 is 0 Å². The molecule has 4 aromatic rings. The van der Waals surface area contributed by atoms with Crippen LogP contribution in [0.2, 0.25) is 0 Å². The number of ether oxygens (including phenoxy) is 1. The van der Waals surface area contributed by atoms with Crippen molar-refractivity contribution in [2.24, 2.45) is 11.7 Å². The summed E-state index contributed by atoms with van der Waals surface area (Å²) < 4.78 is 35.8. The van der Waals surface area contributed by atoms with Gasteiger partial charge in [0.05, 0.1) is 47.7 Å². The number of pyridine rings is 1. The Labute approximate surface area is 195 Å². The van der Waals surface area contributed by atoms with Crippen LogP contribution in [-0.2, 0) is 0 Å². The van der Waals surface area contributed by atoms with Crippen molar-refractivity contribution in [3.8, 4) is 17.0 Å². The number of nitrogens with two attached hydrogens (primary N) is 1. The number of anilines is 3. The molecule has 0 spiro atoms. The first kappa shape index (κ1) is 22.0. The quantitative estimate of drug-likeness (QED) is 0.460. The molecule has 0 aliphatic carbocycles. The minimum atomic E-state index is -0.761. The highest BCUT2D eigenvalue weighted by molar-refractivity contribution is 5.74. The number of imidazole rings is 1. The lowest BCUT2D eigenvalue weighted by Crippen LogP contribution is -2.46. The smallest absolute Gasteiger partial charge is 0.229 e. The Morgan fingerprint density at radius 2 is 1.91 bits per heavy atom. The molecule has 5 rings (SSSR count). The van der Waals surface area contributed by atoms with Gasteiger partial charge in [-0.05, 0) is 30.5 Å².